The smallest absolute Gasteiger partial charge is 0.416 e. The van der Waals surface area contributed by atoms with Crippen molar-refractivity contribution in [2.24, 2.45) is 0 Å². The molecule has 4 nitrogen and oxygen atoms in total. The van der Waals surface area contributed by atoms with Crippen molar-refractivity contribution in [3.63, 3.8) is 0 Å². The van der Waals surface area contributed by atoms with E-state index in [1.807, 2.05) is 24.3 Å². The maximum absolute atomic E-state index is 12.7. The molecule has 0 radical (unpaired) electrons. The Labute approximate surface area is 161 Å². The molecule has 0 aromatic heterocycles. The molecule has 0 amide bonds. The number of alkyl halides is 3. The van der Waals surface area contributed by atoms with Crippen molar-refractivity contribution in [3.05, 3.63) is 65.2 Å². The van der Waals surface area contributed by atoms with Gasteiger partial charge in [-0.05, 0) is 42.7 Å². The summed E-state index contributed by atoms with van der Waals surface area (Å²) in [5, 5.41) is 0. The number of ether oxygens (including phenoxy) is 4. The van der Waals surface area contributed by atoms with Crippen molar-refractivity contribution in [3.8, 4) is 5.75 Å². The molecule has 2 aliphatic heterocycles. The zero-order valence-electron chi connectivity index (χ0n) is 15.3. The van der Waals surface area contributed by atoms with Gasteiger partial charge in [0.1, 0.15) is 11.9 Å². The largest absolute Gasteiger partial charge is 0.497 e. The normalized spacial score (nSPS) is 27.9. The van der Waals surface area contributed by atoms with Crippen molar-refractivity contribution in [2.45, 2.75) is 43.6 Å². The monoisotopic (exact) mass is 394 g/mol. The van der Waals surface area contributed by atoms with E-state index < -0.39 is 18.0 Å². The molecule has 0 aliphatic carbocycles. The quantitative estimate of drug-likeness (QED) is 0.730. The number of hydrogen-bond acceptors (Lipinski definition) is 4. The summed E-state index contributed by atoms with van der Waals surface area (Å²) in [6.07, 6.45) is -3.96. The van der Waals surface area contributed by atoms with Gasteiger partial charge in [0.2, 0.25) is 0 Å². The predicted molar refractivity (Wildman–Crippen MR) is 94.9 cm³/mol. The van der Waals surface area contributed by atoms with Crippen LogP contribution in [0.15, 0.2) is 48.5 Å². The molecule has 2 heterocycles. The molecule has 7 heteroatoms. The van der Waals surface area contributed by atoms with E-state index in [9.17, 15) is 13.2 Å². The Morgan fingerprint density at radius 2 is 1.54 bits per heavy atom. The van der Waals surface area contributed by atoms with Gasteiger partial charge in [-0.1, -0.05) is 24.3 Å². The second-order valence-electron chi connectivity index (χ2n) is 6.97. The summed E-state index contributed by atoms with van der Waals surface area (Å²) in [6, 6.07) is 12.7. The molecule has 0 unspecified atom stereocenters. The second-order valence-corrected chi connectivity index (χ2v) is 6.97. The van der Waals surface area contributed by atoms with E-state index in [0.717, 1.165) is 35.4 Å². The van der Waals surface area contributed by atoms with Crippen molar-refractivity contribution in [1.82, 2.24) is 0 Å². The van der Waals surface area contributed by atoms with Gasteiger partial charge in [-0.15, -0.1) is 0 Å². The fourth-order valence-electron chi connectivity index (χ4n) is 3.62. The molecule has 2 saturated heterocycles. The maximum Gasteiger partial charge on any atom is 0.416 e. The molecule has 150 valence electrons. The SMILES string of the molecule is COc1ccc([C@@H]2OC[C@H]3O[C@@H](c4ccc(C(F)(F)F)cc4)CC[C@@H]3O2)cc1. The van der Waals surface area contributed by atoms with Crippen LogP contribution in [-0.4, -0.2) is 25.9 Å². The van der Waals surface area contributed by atoms with Crippen LogP contribution in [0.3, 0.4) is 0 Å². The highest BCUT2D eigenvalue weighted by Gasteiger charge is 2.39. The number of fused-ring (bicyclic) bond motifs is 1. The van der Waals surface area contributed by atoms with E-state index in [4.69, 9.17) is 18.9 Å². The lowest BCUT2D eigenvalue weighted by Crippen LogP contribution is -2.45. The van der Waals surface area contributed by atoms with Crippen LogP contribution in [0.25, 0.3) is 0 Å². The summed E-state index contributed by atoms with van der Waals surface area (Å²) in [7, 11) is 1.61. The third-order valence-corrected chi connectivity index (χ3v) is 5.18. The molecule has 4 rings (SSSR count). The van der Waals surface area contributed by atoms with Crippen LogP contribution in [-0.2, 0) is 20.4 Å². The molecule has 2 fully saturated rings. The van der Waals surface area contributed by atoms with E-state index in [2.05, 4.69) is 0 Å². The molecule has 0 saturated carbocycles. The molecule has 0 N–H and O–H groups in total. The number of hydrogen-bond donors (Lipinski definition) is 0. The van der Waals surface area contributed by atoms with Crippen LogP contribution >= 0.6 is 0 Å². The Kier molecular flexibility index (Phi) is 5.31. The highest BCUT2D eigenvalue weighted by Crippen LogP contribution is 2.39. The first-order valence-electron chi connectivity index (χ1n) is 9.17. The van der Waals surface area contributed by atoms with Crippen LogP contribution in [0, 0.1) is 0 Å². The van der Waals surface area contributed by atoms with Gasteiger partial charge in [-0.3, -0.25) is 0 Å². The fourth-order valence-corrected chi connectivity index (χ4v) is 3.62. The van der Waals surface area contributed by atoms with Gasteiger partial charge in [0.25, 0.3) is 0 Å². The fraction of sp³-hybridized carbons (Fsp3) is 0.429. The van der Waals surface area contributed by atoms with Crippen molar-refractivity contribution in [1.29, 1.82) is 0 Å². The van der Waals surface area contributed by atoms with E-state index in [-0.39, 0.29) is 18.3 Å². The summed E-state index contributed by atoms with van der Waals surface area (Å²) in [6.45, 7) is 0.374. The lowest BCUT2D eigenvalue weighted by molar-refractivity contribution is -0.289. The zero-order valence-corrected chi connectivity index (χ0v) is 15.3. The van der Waals surface area contributed by atoms with E-state index in [0.29, 0.717) is 13.0 Å². The van der Waals surface area contributed by atoms with Crippen molar-refractivity contribution >= 4 is 0 Å². The number of benzene rings is 2. The molecule has 4 atom stereocenters. The van der Waals surface area contributed by atoms with E-state index in [1.54, 1.807) is 7.11 Å². The number of methoxy groups -OCH3 is 1. The summed E-state index contributed by atoms with van der Waals surface area (Å²) in [5.74, 6) is 0.762. The highest BCUT2D eigenvalue weighted by molar-refractivity contribution is 5.28. The minimum Gasteiger partial charge on any atom is -0.497 e. The van der Waals surface area contributed by atoms with Crippen molar-refractivity contribution in [2.75, 3.05) is 13.7 Å². The Balaban J connectivity index is 1.38. The molecule has 2 aromatic carbocycles. The van der Waals surface area contributed by atoms with Gasteiger partial charge >= 0.3 is 6.18 Å². The zero-order chi connectivity index (χ0) is 19.7. The van der Waals surface area contributed by atoms with Gasteiger partial charge in [-0.25, -0.2) is 0 Å². The lowest BCUT2D eigenvalue weighted by Gasteiger charge is -2.42. The standard InChI is InChI=1S/C21H21F3O4/c1-25-16-8-4-14(5-9-16)20-26-12-19-18(28-20)11-10-17(27-19)13-2-6-15(7-3-13)21(22,23)24/h2-9,17-20H,10-12H2,1H3/t17-,18+,19-,20-/m1/s1. The summed E-state index contributed by atoms with van der Waals surface area (Å²) in [4.78, 5) is 0. The summed E-state index contributed by atoms with van der Waals surface area (Å²) in [5.41, 5.74) is 0.990. The lowest BCUT2D eigenvalue weighted by atomic mass is 9.95. The van der Waals surface area contributed by atoms with Gasteiger partial charge < -0.3 is 18.9 Å². The summed E-state index contributed by atoms with van der Waals surface area (Å²) < 4.78 is 61.3. The van der Waals surface area contributed by atoms with Gasteiger partial charge in [0, 0.05) is 5.56 Å². The topological polar surface area (TPSA) is 36.9 Å². The van der Waals surface area contributed by atoms with Crippen LogP contribution < -0.4 is 4.74 Å². The number of halogens is 3. The van der Waals surface area contributed by atoms with E-state index in [1.165, 1.54) is 12.1 Å². The summed E-state index contributed by atoms with van der Waals surface area (Å²) >= 11 is 0. The number of rotatable bonds is 3. The van der Waals surface area contributed by atoms with Crippen molar-refractivity contribution < 1.29 is 32.1 Å². The minimum atomic E-state index is -4.33. The molecule has 0 spiro atoms. The van der Waals surface area contributed by atoms with E-state index >= 15 is 0 Å². The molecule has 2 aromatic rings. The Morgan fingerprint density at radius 1 is 0.857 bits per heavy atom. The average Bonchev–Trinajstić information content (AvgIpc) is 2.72. The van der Waals surface area contributed by atoms with Crippen LogP contribution in [0.1, 0.15) is 41.9 Å². The third-order valence-electron chi connectivity index (χ3n) is 5.18. The molecule has 0 bridgehead atoms. The van der Waals surface area contributed by atoms with Gasteiger partial charge in [0.15, 0.2) is 6.29 Å². The first kappa shape index (κ1) is 19.2. The first-order chi connectivity index (χ1) is 13.4. The second kappa shape index (κ2) is 7.73. The first-order valence-corrected chi connectivity index (χ1v) is 9.17. The van der Waals surface area contributed by atoms with Gasteiger partial charge in [-0.2, -0.15) is 13.2 Å². The molecular formula is C21H21F3O4. The minimum absolute atomic E-state index is 0.105. The Hall–Kier alpha value is -2.09. The van der Waals surface area contributed by atoms with Crippen LogP contribution in [0.5, 0.6) is 5.75 Å². The average molecular weight is 394 g/mol. The Morgan fingerprint density at radius 3 is 2.18 bits per heavy atom. The molecule has 28 heavy (non-hydrogen) atoms. The predicted octanol–water partition coefficient (Wildman–Crippen LogP) is 5.05. The molecule has 2 aliphatic rings. The Bertz CT molecular complexity index is 789. The van der Waals surface area contributed by atoms with Gasteiger partial charge in [0.05, 0.1) is 31.5 Å². The maximum atomic E-state index is 12.7. The highest BCUT2D eigenvalue weighted by atomic mass is 19.4. The van der Waals surface area contributed by atoms with Crippen LogP contribution in [0.2, 0.25) is 0 Å². The molecular weight excluding hydrogens is 373 g/mol. The third kappa shape index (κ3) is 4.01. The van der Waals surface area contributed by atoms with Crippen LogP contribution in [0.4, 0.5) is 13.2 Å².